The second-order valence-corrected chi connectivity index (χ2v) is 11.6. The Morgan fingerprint density at radius 1 is 0.918 bits per heavy atom. The summed E-state index contributed by atoms with van der Waals surface area (Å²) >= 11 is 0. The molecule has 266 valence electrons. The fourth-order valence-electron chi connectivity index (χ4n) is 5.58. The molecule has 1 aromatic rings. The largest absolute Gasteiger partial charge is 1.00 e. The first kappa shape index (κ1) is 48.3. The number of fused-ring (bicyclic) bond motifs is 3. The predicted molar refractivity (Wildman–Crippen MR) is 150 cm³/mol. The molecule has 1 aromatic carbocycles. The van der Waals surface area contributed by atoms with Crippen molar-refractivity contribution in [3.05, 3.63) is 52.0 Å². The zero-order valence-electron chi connectivity index (χ0n) is 25.4. The Balaban J connectivity index is 0. The normalized spacial score (nSPS) is 24.5. The number of likely N-dealkylation sites (N-methyl/N-ethyl adjacent to an activating group) is 1. The van der Waals surface area contributed by atoms with Crippen molar-refractivity contribution in [2.45, 2.75) is 30.6 Å². The summed E-state index contributed by atoms with van der Waals surface area (Å²) < 4.78 is 68.5. The quantitative estimate of drug-likeness (QED) is 0.0791. The second-order valence-electron chi connectivity index (χ2n) is 9.73. The molecule has 0 unspecified atom stereocenters. The van der Waals surface area contributed by atoms with E-state index in [2.05, 4.69) is 0 Å². The molecule has 6 atom stereocenters. The van der Waals surface area contributed by atoms with Crippen LogP contribution in [0.25, 0.3) is 0 Å². The molecule has 0 bridgehead atoms. The van der Waals surface area contributed by atoms with E-state index < -0.39 is 107 Å². The van der Waals surface area contributed by atoms with Crippen molar-refractivity contribution >= 4 is 49.1 Å². The number of aliphatic hydroxyl groups excluding tert-OH is 3. The van der Waals surface area contributed by atoms with Crippen molar-refractivity contribution in [3.63, 3.8) is 0 Å². The molecule has 0 aliphatic heterocycles. The van der Waals surface area contributed by atoms with Gasteiger partial charge >= 0.3 is 53.3 Å². The Hall–Kier alpha value is -2.77. The molecule has 0 aromatic heterocycles. The number of carbonyl (C=O) groups excluding carboxylic acids is 3. The molecule has 0 saturated carbocycles. The van der Waals surface area contributed by atoms with Gasteiger partial charge in [-0.2, -0.15) is 0 Å². The number of nitrogens with two attached hydrogens (primary N) is 1. The smallest absolute Gasteiger partial charge is 0.744 e. The topological polar surface area (TPSA) is 402 Å². The van der Waals surface area contributed by atoms with E-state index in [1.165, 1.54) is 25.1 Å². The van der Waals surface area contributed by atoms with Gasteiger partial charge in [0, 0.05) is 11.5 Å². The summed E-state index contributed by atoms with van der Waals surface area (Å²) in [5.74, 6) is -8.86. The van der Waals surface area contributed by atoms with Crippen molar-refractivity contribution in [2.24, 2.45) is 17.6 Å². The molecule has 3 aliphatic rings. The van der Waals surface area contributed by atoms with Gasteiger partial charge in [-0.15, -0.1) is 0 Å². The molecule has 3 aliphatic carbocycles. The van der Waals surface area contributed by atoms with Crippen LogP contribution in [0.5, 0.6) is 5.75 Å². The molecule has 10 N–H and O–H groups in total. The van der Waals surface area contributed by atoms with Gasteiger partial charge in [0.25, 0.3) is 5.91 Å². The van der Waals surface area contributed by atoms with Crippen LogP contribution in [0, 0.1) is 11.8 Å². The van der Waals surface area contributed by atoms with Crippen molar-refractivity contribution in [2.75, 3.05) is 14.1 Å². The molecule has 49 heavy (non-hydrogen) atoms. The Labute approximate surface area is 298 Å². The van der Waals surface area contributed by atoms with Crippen molar-refractivity contribution in [1.82, 2.24) is 4.90 Å². The summed E-state index contributed by atoms with van der Waals surface area (Å²) in [6.07, 6.45) is -1.59. The van der Waals surface area contributed by atoms with Gasteiger partial charge < -0.3 is 36.2 Å². The van der Waals surface area contributed by atoms with Gasteiger partial charge in [-0.1, -0.05) is 19.1 Å². The maximum absolute atomic E-state index is 13.3. The minimum absolute atomic E-state index is 0. The molecule has 0 saturated heterocycles. The van der Waals surface area contributed by atoms with Crippen LogP contribution in [0.4, 0.5) is 0 Å². The zero-order chi connectivity index (χ0) is 38.2. The summed E-state index contributed by atoms with van der Waals surface area (Å²) in [5, 5.41) is 55.0. The Morgan fingerprint density at radius 2 is 1.33 bits per heavy atom. The van der Waals surface area contributed by atoms with E-state index in [1.807, 2.05) is 0 Å². The molecule has 0 heterocycles. The van der Waals surface area contributed by atoms with Crippen LogP contribution in [0.1, 0.15) is 28.8 Å². The number of primary amides is 1. The van der Waals surface area contributed by atoms with Gasteiger partial charge in [0.15, 0.2) is 11.4 Å². The molecule has 0 fully saturated rings. The average Bonchev–Trinajstić information content (AvgIpc) is 2.89. The molecule has 0 spiro atoms. The van der Waals surface area contributed by atoms with Crippen molar-refractivity contribution < 1.29 is 126 Å². The van der Waals surface area contributed by atoms with E-state index >= 15 is 0 Å². The third-order valence-corrected chi connectivity index (χ3v) is 7.00. The maximum Gasteiger partial charge on any atom is 1.00 e. The van der Waals surface area contributed by atoms with E-state index in [9.17, 15) is 39.9 Å². The van der Waals surface area contributed by atoms with Crippen LogP contribution in [0.2, 0.25) is 0 Å². The van der Waals surface area contributed by atoms with Crippen LogP contribution in [-0.2, 0) is 46.1 Å². The molecular weight excluding hydrogens is 759 g/mol. The summed E-state index contributed by atoms with van der Waals surface area (Å²) in [7, 11) is -9.76. The van der Waals surface area contributed by atoms with E-state index in [4.69, 9.17) is 61.8 Å². The zero-order valence-corrected chi connectivity index (χ0v) is 31.0. The minimum atomic E-state index is -3.37. The summed E-state index contributed by atoms with van der Waals surface area (Å²) in [5.41, 5.74) is 1.36. The van der Waals surface area contributed by atoms with E-state index in [0.717, 1.165) is 0 Å². The van der Waals surface area contributed by atoms with E-state index in [1.54, 1.807) is 19.1 Å². The van der Waals surface area contributed by atoms with Crippen molar-refractivity contribution in [1.29, 1.82) is 0 Å². The predicted octanol–water partition coefficient (Wildman–Crippen LogP) is -3.71. The third-order valence-electron chi connectivity index (χ3n) is 7.00. The van der Waals surface area contributed by atoms with Crippen LogP contribution in [0.15, 0.2) is 40.9 Å². The average molecular weight is 786 g/mol. The maximum atomic E-state index is 13.3. The number of nitrogens with zero attached hydrogens (tertiary/aromatic N) is 1. The first-order chi connectivity index (χ1) is 21.8. The van der Waals surface area contributed by atoms with E-state index in [0.29, 0.717) is 5.56 Å². The van der Waals surface area contributed by atoms with Crippen LogP contribution >= 0.6 is 31.6 Å². The number of Topliss-reactive ketones (excluding diaryl/α,β-unsaturated/α-hetero) is 2. The van der Waals surface area contributed by atoms with Crippen LogP contribution < -0.4 is 40.2 Å². The number of hydrogen-bond acceptors (Lipinski definition) is 18. The summed E-state index contributed by atoms with van der Waals surface area (Å²) in [4.78, 5) is 69.3. The number of hydrogen-bond donors (Lipinski definition) is 9. The minimum Gasteiger partial charge on any atom is -0.744 e. The number of carbonyl (C=O) groups is 3. The Morgan fingerprint density at radius 3 is 1.69 bits per heavy atom. The first-order valence-electron chi connectivity index (χ1n) is 12.3. The Kier molecular flexibility index (Phi) is 19.9. The van der Waals surface area contributed by atoms with Crippen molar-refractivity contribution in [3.8, 4) is 5.75 Å². The fourth-order valence-corrected chi connectivity index (χ4v) is 5.58. The molecule has 1 amide bonds. The standard InChI is InChI=1S/C22H24N2O8.Na.4HO3P/c1-7-8-5-4-6-9(25)11(8)16(26)12-10(7)17(27)14-15(24(2)3)18(28)13(21(23)31)20(30)22(14,32)19(12)29;;4*1-4(2)3/h4-7,10,14-15,17,25,27-29,32H,1-3H3,(H2,23,31);;4*(H,1,2,3)/q;+1;;;;/p-1/t7-,10+,14+,15-,17-,22-;;;;;/m0...../s1. The van der Waals surface area contributed by atoms with Gasteiger partial charge in [-0.3, -0.25) is 43.1 Å². The van der Waals surface area contributed by atoms with Crippen LogP contribution in [0.3, 0.4) is 0 Å². The summed E-state index contributed by atoms with van der Waals surface area (Å²) in [6, 6.07) is 3.17. The number of amides is 1. The summed E-state index contributed by atoms with van der Waals surface area (Å²) in [6.45, 7) is 1.68. The van der Waals surface area contributed by atoms with Gasteiger partial charge in [0.05, 0.1) is 23.6 Å². The van der Waals surface area contributed by atoms with Crippen LogP contribution in [-0.4, -0.2) is 94.4 Å². The first-order valence-corrected chi connectivity index (χ1v) is 16.7. The number of aliphatic hydroxyl groups is 4. The molecule has 4 rings (SSSR count). The second kappa shape index (κ2) is 20.2. The fraction of sp³-hybridized carbons (Fsp3) is 0.409. The number of benzene rings is 1. The molecule has 0 radical (unpaired) electrons. The number of ketones is 2. The monoisotopic (exact) mass is 786 g/mol. The number of phenolic OH excluding ortho intramolecular Hbond substituents is 1. The molecular formula is C22H27N2NaO20P4. The van der Waals surface area contributed by atoms with Gasteiger partial charge in [0.1, 0.15) is 22.8 Å². The number of phenols is 1. The van der Waals surface area contributed by atoms with Gasteiger partial charge in [0.2, 0.25) is 13.7 Å². The van der Waals surface area contributed by atoms with Gasteiger partial charge in [-0.25, -0.2) is 27.4 Å². The molecule has 22 nitrogen and oxygen atoms in total. The third kappa shape index (κ3) is 11.6. The van der Waals surface area contributed by atoms with Gasteiger partial charge in [-0.05, 0) is 31.6 Å². The SMILES string of the molecule is C[C@H]1c2cccc(O)c2C(=O)C2=C(O)[C@]3(O)C(=O)C(C(N)=O)=C(O)[C@@H](N(C)C)[C@@H]3[C@@H](O)[C@@H]21.O=P(=O)O.O=P(=O)O.O=P(=O)O.O=P(=O)[O-].[Na+]. The Bertz CT molecular complexity index is 1690. The number of rotatable bonds is 2. The number of aromatic hydroxyl groups is 1. The molecule has 27 heteroatoms. The van der Waals surface area contributed by atoms with E-state index in [-0.39, 0.29) is 40.9 Å².